The number of benzene rings is 2. The molecule has 0 unspecified atom stereocenters. The van der Waals surface area contributed by atoms with Gasteiger partial charge in [0.1, 0.15) is 5.82 Å². The zero-order valence-electron chi connectivity index (χ0n) is 15.2. The van der Waals surface area contributed by atoms with E-state index < -0.39 is 5.82 Å². The maximum absolute atomic E-state index is 13.9. The summed E-state index contributed by atoms with van der Waals surface area (Å²) in [5.74, 6) is -0.833. The Kier molecular flexibility index (Phi) is 5.35. The summed E-state index contributed by atoms with van der Waals surface area (Å²) in [4.78, 5) is 28.9. The third-order valence-corrected chi connectivity index (χ3v) is 5.01. The van der Waals surface area contributed by atoms with Crippen molar-refractivity contribution in [2.45, 2.75) is 20.3 Å². The number of amides is 2. The van der Waals surface area contributed by atoms with Gasteiger partial charge in [0, 0.05) is 31.7 Å². The van der Waals surface area contributed by atoms with Crippen molar-refractivity contribution in [1.82, 2.24) is 9.80 Å². The Balaban J connectivity index is 1.72. The normalized spacial score (nSPS) is 14.9. The predicted octanol–water partition coefficient (Wildman–Crippen LogP) is 3.43. The number of aryl methyl sites for hydroxylation is 1. The third kappa shape index (κ3) is 3.62. The summed E-state index contributed by atoms with van der Waals surface area (Å²) in [7, 11) is 0. The van der Waals surface area contributed by atoms with Crippen LogP contribution in [0.1, 0.15) is 38.3 Å². The highest BCUT2D eigenvalue weighted by Crippen LogP contribution is 2.17. The van der Waals surface area contributed by atoms with Gasteiger partial charge in [-0.05, 0) is 49.6 Å². The molecule has 0 aliphatic carbocycles. The molecule has 5 heteroatoms. The van der Waals surface area contributed by atoms with Crippen LogP contribution in [0.5, 0.6) is 0 Å². The molecule has 0 bridgehead atoms. The molecule has 26 heavy (non-hydrogen) atoms. The molecule has 1 aliphatic heterocycles. The lowest BCUT2D eigenvalue weighted by atomic mass is 10.0. The van der Waals surface area contributed by atoms with E-state index in [-0.39, 0.29) is 17.4 Å². The molecule has 0 aromatic heterocycles. The van der Waals surface area contributed by atoms with Gasteiger partial charge in [-0.2, -0.15) is 0 Å². The molecule has 1 aliphatic rings. The van der Waals surface area contributed by atoms with Gasteiger partial charge in [-0.3, -0.25) is 9.59 Å². The van der Waals surface area contributed by atoms with E-state index >= 15 is 0 Å². The fourth-order valence-electron chi connectivity index (χ4n) is 3.28. The molecular weight excluding hydrogens is 331 g/mol. The summed E-state index contributed by atoms with van der Waals surface area (Å²) in [6.07, 6.45) is 0.677. The SMILES string of the molecule is Cc1cccc(C(=O)N2CCCN(C(=O)c3ccccc3F)CC2)c1C. The first-order valence-corrected chi connectivity index (χ1v) is 8.88. The number of hydrogen-bond acceptors (Lipinski definition) is 2. The standard InChI is InChI=1S/C21H23FN2O2/c1-15-7-5-9-17(16(15)2)20(25)23-11-6-12-24(14-13-23)21(26)18-8-3-4-10-19(18)22/h3-5,7-10H,6,11-14H2,1-2H3. The van der Waals surface area contributed by atoms with Crippen molar-refractivity contribution in [3.05, 3.63) is 70.5 Å². The Morgan fingerprint density at radius 2 is 1.38 bits per heavy atom. The van der Waals surface area contributed by atoms with Crippen LogP contribution in [-0.4, -0.2) is 47.8 Å². The van der Waals surface area contributed by atoms with Gasteiger partial charge in [-0.15, -0.1) is 0 Å². The van der Waals surface area contributed by atoms with Crippen LogP contribution in [0, 0.1) is 19.7 Å². The minimum Gasteiger partial charge on any atom is -0.337 e. The highest BCUT2D eigenvalue weighted by atomic mass is 19.1. The summed E-state index contributed by atoms with van der Waals surface area (Å²) in [6.45, 7) is 5.91. The van der Waals surface area contributed by atoms with Crippen LogP contribution in [0.4, 0.5) is 4.39 Å². The first-order valence-electron chi connectivity index (χ1n) is 8.88. The number of hydrogen-bond donors (Lipinski definition) is 0. The van der Waals surface area contributed by atoms with E-state index in [0.717, 1.165) is 11.1 Å². The maximum atomic E-state index is 13.9. The Hall–Kier alpha value is -2.69. The van der Waals surface area contributed by atoms with Gasteiger partial charge < -0.3 is 9.80 Å². The lowest BCUT2D eigenvalue weighted by Crippen LogP contribution is -2.37. The van der Waals surface area contributed by atoms with Crippen LogP contribution < -0.4 is 0 Å². The van der Waals surface area contributed by atoms with E-state index in [1.165, 1.54) is 12.1 Å². The molecule has 1 fully saturated rings. The molecule has 0 N–H and O–H groups in total. The number of halogens is 1. The van der Waals surface area contributed by atoms with E-state index in [9.17, 15) is 14.0 Å². The molecule has 136 valence electrons. The Labute approximate surface area is 153 Å². The Morgan fingerprint density at radius 1 is 0.808 bits per heavy atom. The van der Waals surface area contributed by atoms with Crippen molar-refractivity contribution in [1.29, 1.82) is 0 Å². The summed E-state index contributed by atoms with van der Waals surface area (Å²) >= 11 is 0. The van der Waals surface area contributed by atoms with Crippen LogP contribution >= 0.6 is 0 Å². The number of nitrogens with zero attached hydrogens (tertiary/aromatic N) is 2. The van der Waals surface area contributed by atoms with Crippen molar-refractivity contribution < 1.29 is 14.0 Å². The smallest absolute Gasteiger partial charge is 0.256 e. The summed E-state index contributed by atoms with van der Waals surface area (Å²) < 4.78 is 13.9. The molecule has 2 aromatic carbocycles. The Morgan fingerprint density at radius 3 is 2.04 bits per heavy atom. The predicted molar refractivity (Wildman–Crippen MR) is 98.7 cm³/mol. The van der Waals surface area contributed by atoms with Gasteiger partial charge in [0.15, 0.2) is 0 Å². The van der Waals surface area contributed by atoms with Gasteiger partial charge in [0.25, 0.3) is 11.8 Å². The second-order valence-electron chi connectivity index (χ2n) is 6.67. The molecular formula is C21H23FN2O2. The van der Waals surface area contributed by atoms with Crippen molar-refractivity contribution >= 4 is 11.8 Å². The number of carbonyl (C=O) groups excluding carboxylic acids is 2. The zero-order chi connectivity index (χ0) is 18.7. The lowest BCUT2D eigenvalue weighted by Gasteiger charge is -2.23. The van der Waals surface area contributed by atoms with Crippen molar-refractivity contribution in [2.24, 2.45) is 0 Å². The fraction of sp³-hybridized carbons (Fsp3) is 0.333. The summed E-state index contributed by atoms with van der Waals surface area (Å²) in [5.41, 5.74) is 2.86. The highest BCUT2D eigenvalue weighted by molar-refractivity contribution is 5.96. The molecule has 1 heterocycles. The van der Waals surface area contributed by atoms with Gasteiger partial charge in [-0.1, -0.05) is 24.3 Å². The lowest BCUT2D eigenvalue weighted by molar-refractivity contribution is 0.0715. The third-order valence-electron chi connectivity index (χ3n) is 5.01. The first kappa shape index (κ1) is 18.1. The van der Waals surface area contributed by atoms with Crippen LogP contribution in [-0.2, 0) is 0 Å². The first-order chi connectivity index (χ1) is 12.5. The molecule has 4 nitrogen and oxygen atoms in total. The summed E-state index contributed by atoms with van der Waals surface area (Å²) in [6, 6.07) is 11.7. The fourth-order valence-corrected chi connectivity index (χ4v) is 3.28. The quantitative estimate of drug-likeness (QED) is 0.829. The molecule has 0 radical (unpaired) electrons. The maximum Gasteiger partial charge on any atom is 0.256 e. The van der Waals surface area contributed by atoms with E-state index in [4.69, 9.17) is 0 Å². The van der Waals surface area contributed by atoms with Gasteiger partial charge >= 0.3 is 0 Å². The van der Waals surface area contributed by atoms with Gasteiger partial charge in [0.2, 0.25) is 0 Å². The largest absolute Gasteiger partial charge is 0.337 e. The molecule has 0 saturated carbocycles. The van der Waals surface area contributed by atoms with E-state index in [2.05, 4.69) is 0 Å². The van der Waals surface area contributed by atoms with Crippen LogP contribution in [0.25, 0.3) is 0 Å². The van der Waals surface area contributed by atoms with Crippen LogP contribution in [0.3, 0.4) is 0 Å². The number of carbonyl (C=O) groups is 2. The molecule has 1 saturated heterocycles. The average molecular weight is 354 g/mol. The monoisotopic (exact) mass is 354 g/mol. The topological polar surface area (TPSA) is 40.6 Å². The van der Waals surface area contributed by atoms with Crippen LogP contribution in [0.2, 0.25) is 0 Å². The summed E-state index contributed by atoms with van der Waals surface area (Å²) in [5, 5.41) is 0. The van der Waals surface area contributed by atoms with Crippen molar-refractivity contribution in [2.75, 3.05) is 26.2 Å². The average Bonchev–Trinajstić information content (AvgIpc) is 2.89. The van der Waals surface area contributed by atoms with Crippen LogP contribution in [0.15, 0.2) is 42.5 Å². The molecule has 2 amide bonds. The van der Waals surface area contributed by atoms with E-state index in [1.54, 1.807) is 21.9 Å². The minimum atomic E-state index is -0.509. The molecule has 2 aromatic rings. The highest BCUT2D eigenvalue weighted by Gasteiger charge is 2.25. The van der Waals surface area contributed by atoms with Crippen molar-refractivity contribution in [3.8, 4) is 0 Å². The Bertz CT molecular complexity index is 835. The molecule has 0 spiro atoms. The molecule has 0 atom stereocenters. The second kappa shape index (κ2) is 7.68. The van der Waals surface area contributed by atoms with E-state index in [1.807, 2.05) is 32.0 Å². The zero-order valence-corrected chi connectivity index (χ0v) is 15.2. The second-order valence-corrected chi connectivity index (χ2v) is 6.67. The minimum absolute atomic E-state index is 0.00797. The van der Waals surface area contributed by atoms with Crippen molar-refractivity contribution in [3.63, 3.8) is 0 Å². The van der Waals surface area contributed by atoms with Gasteiger partial charge in [-0.25, -0.2) is 4.39 Å². The van der Waals surface area contributed by atoms with Gasteiger partial charge in [0.05, 0.1) is 5.56 Å². The molecule has 3 rings (SSSR count). The van der Waals surface area contributed by atoms with E-state index in [0.29, 0.717) is 38.2 Å². The number of rotatable bonds is 2.